The van der Waals surface area contributed by atoms with Crippen LogP contribution in [0.15, 0.2) is 54.9 Å². The van der Waals surface area contributed by atoms with E-state index >= 15 is 0 Å². The second kappa shape index (κ2) is 9.32. The highest BCUT2D eigenvalue weighted by atomic mass is 16.5. The van der Waals surface area contributed by atoms with Gasteiger partial charge in [-0.15, -0.1) is 0 Å². The largest absolute Gasteiger partial charge is 0.496 e. The average Bonchev–Trinajstić information content (AvgIpc) is 3.57. The number of nitrogens with one attached hydrogen (secondary N) is 2. The van der Waals surface area contributed by atoms with Gasteiger partial charge in [0.2, 0.25) is 0 Å². The molecule has 7 nitrogen and oxygen atoms in total. The van der Waals surface area contributed by atoms with Gasteiger partial charge in [0.1, 0.15) is 5.75 Å². The van der Waals surface area contributed by atoms with Gasteiger partial charge >= 0.3 is 0 Å². The Labute approximate surface area is 209 Å². The number of nitrogens with zero attached hydrogens (tertiary/aromatic N) is 2. The van der Waals surface area contributed by atoms with Crippen molar-refractivity contribution < 1.29 is 14.3 Å². The van der Waals surface area contributed by atoms with Crippen LogP contribution < -0.4 is 10.1 Å². The summed E-state index contributed by atoms with van der Waals surface area (Å²) in [5, 5.41) is 4.31. The number of ether oxygens (including phenoxy) is 1. The molecule has 0 spiro atoms. The molecular weight excluding hydrogens is 452 g/mol. The van der Waals surface area contributed by atoms with Crippen LogP contribution in [0, 0.1) is 0 Å². The van der Waals surface area contributed by atoms with Crippen LogP contribution in [-0.4, -0.2) is 53.0 Å². The topological polar surface area (TPSA) is 79.4 Å². The highest BCUT2D eigenvalue weighted by molar-refractivity contribution is 6.51. The maximum Gasteiger partial charge on any atom is 0.259 e. The number of piperidine rings is 1. The lowest BCUT2D eigenvalue weighted by atomic mass is 9.95. The number of aromatic amines is 1. The molecule has 0 radical (unpaired) electrons. The number of hydrogen-bond acceptors (Lipinski definition) is 4. The molecule has 1 fully saturated rings. The molecule has 0 bridgehead atoms. The number of aryl methyl sites for hydroxylation is 1. The minimum atomic E-state index is -0.376. The van der Waals surface area contributed by atoms with Crippen LogP contribution in [-0.2, 0) is 16.1 Å². The van der Waals surface area contributed by atoms with Gasteiger partial charge in [-0.05, 0) is 57.1 Å². The fraction of sp³-hybridized carbons (Fsp3) is 0.310. The first-order valence-electron chi connectivity index (χ1n) is 12.7. The predicted octanol–water partition coefficient (Wildman–Crippen LogP) is 4.57. The Morgan fingerprint density at radius 3 is 2.47 bits per heavy atom. The van der Waals surface area contributed by atoms with Crippen LogP contribution in [0.25, 0.3) is 33.0 Å². The number of fused-ring (bicyclic) bond motifs is 2. The van der Waals surface area contributed by atoms with Gasteiger partial charge in [0.25, 0.3) is 11.8 Å². The molecule has 6 rings (SSSR count). The number of imide groups is 1. The van der Waals surface area contributed by atoms with Crippen molar-refractivity contribution in [1.82, 2.24) is 19.8 Å². The summed E-state index contributed by atoms with van der Waals surface area (Å²) < 4.78 is 7.93. The lowest BCUT2D eigenvalue weighted by Gasteiger charge is -2.26. The molecule has 2 aromatic heterocycles. The zero-order valence-corrected chi connectivity index (χ0v) is 20.5. The maximum absolute atomic E-state index is 13.2. The van der Waals surface area contributed by atoms with Gasteiger partial charge in [-0.2, -0.15) is 0 Å². The highest BCUT2D eigenvalue weighted by Gasteiger charge is 2.35. The highest BCUT2D eigenvalue weighted by Crippen LogP contribution is 2.41. The molecule has 0 atom stereocenters. The molecule has 2 amide bonds. The summed E-state index contributed by atoms with van der Waals surface area (Å²) in [6.45, 7) is 4.23. The third-order valence-electron chi connectivity index (χ3n) is 7.47. The number of H-pyrrole nitrogens is 1. The van der Waals surface area contributed by atoms with E-state index in [1.54, 1.807) is 7.11 Å². The van der Waals surface area contributed by atoms with Crippen molar-refractivity contribution >= 4 is 44.8 Å². The van der Waals surface area contributed by atoms with E-state index in [-0.39, 0.29) is 11.8 Å². The molecule has 2 N–H and O–H groups in total. The fourth-order valence-corrected chi connectivity index (χ4v) is 5.76. The van der Waals surface area contributed by atoms with Gasteiger partial charge in [0.15, 0.2) is 0 Å². The number of likely N-dealkylation sites (tertiary alicyclic amines) is 1. The van der Waals surface area contributed by atoms with Crippen LogP contribution in [0.1, 0.15) is 36.8 Å². The smallest absolute Gasteiger partial charge is 0.259 e. The number of para-hydroxylation sites is 1. The molecule has 0 saturated carbocycles. The molecule has 1 saturated heterocycles. The van der Waals surface area contributed by atoms with E-state index in [0.29, 0.717) is 16.9 Å². The van der Waals surface area contributed by atoms with Crippen molar-refractivity contribution in [3.05, 3.63) is 66.0 Å². The molecule has 4 aromatic rings. The van der Waals surface area contributed by atoms with Gasteiger partial charge in [0, 0.05) is 46.4 Å². The van der Waals surface area contributed by atoms with Crippen LogP contribution in [0.4, 0.5) is 0 Å². The number of aromatic nitrogens is 2. The summed E-state index contributed by atoms with van der Waals surface area (Å²) >= 11 is 0. The standard InChI is InChI=1S/C29H30N4O3/c1-36-24-12-7-11-23-25(24)21(18-33(23)16-8-15-32-13-5-2-6-14-32)27-26(28(34)31-29(27)35)20-17-30-22-10-4-3-9-19(20)22/h3-4,7,9-12,17-18,30H,2,5-6,8,13-16H2,1H3,(H,31,34,35). The van der Waals surface area contributed by atoms with Crippen molar-refractivity contribution in [3.8, 4) is 5.75 Å². The molecule has 4 heterocycles. The number of carbonyl (C=O) groups is 2. The number of hydrogen-bond donors (Lipinski definition) is 2. The lowest BCUT2D eigenvalue weighted by Crippen LogP contribution is -2.31. The minimum Gasteiger partial charge on any atom is -0.496 e. The zero-order valence-electron chi connectivity index (χ0n) is 20.5. The van der Waals surface area contributed by atoms with E-state index in [1.165, 1.54) is 32.4 Å². The summed E-state index contributed by atoms with van der Waals surface area (Å²) in [4.78, 5) is 32.1. The summed E-state index contributed by atoms with van der Waals surface area (Å²) in [5.41, 5.74) is 4.17. The Balaban J connectivity index is 1.47. The molecule has 184 valence electrons. The van der Waals surface area contributed by atoms with Crippen molar-refractivity contribution in [2.24, 2.45) is 0 Å². The molecule has 0 unspecified atom stereocenters. The normalized spacial score (nSPS) is 16.9. The third-order valence-corrected chi connectivity index (χ3v) is 7.47. The number of amides is 2. The molecule has 36 heavy (non-hydrogen) atoms. The average molecular weight is 483 g/mol. The Morgan fingerprint density at radius 1 is 0.889 bits per heavy atom. The lowest BCUT2D eigenvalue weighted by molar-refractivity contribution is -0.122. The van der Waals surface area contributed by atoms with E-state index in [9.17, 15) is 9.59 Å². The van der Waals surface area contributed by atoms with Crippen molar-refractivity contribution in [2.75, 3.05) is 26.7 Å². The molecule has 2 aliphatic heterocycles. The van der Waals surface area contributed by atoms with E-state index in [0.717, 1.165) is 52.4 Å². The number of methoxy groups -OCH3 is 1. The second-order valence-electron chi connectivity index (χ2n) is 9.63. The maximum atomic E-state index is 13.2. The van der Waals surface area contributed by atoms with E-state index in [2.05, 4.69) is 25.8 Å². The second-order valence-corrected chi connectivity index (χ2v) is 9.63. The molecule has 7 heteroatoms. The van der Waals surface area contributed by atoms with E-state index in [1.807, 2.05) is 48.8 Å². The summed E-state index contributed by atoms with van der Waals surface area (Å²) in [7, 11) is 1.64. The van der Waals surface area contributed by atoms with Gasteiger partial charge in [-0.3, -0.25) is 14.9 Å². The van der Waals surface area contributed by atoms with Gasteiger partial charge in [0.05, 0.1) is 23.8 Å². The Hall–Kier alpha value is -3.84. The monoisotopic (exact) mass is 482 g/mol. The Kier molecular flexibility index (Phi) is 5.85. The van der Waals surface area contributed by atoms with Gasteiger partial charge in [-0.1, -0.05) is 30.7 Å². The number of rotatable bonds is 7. The molecular formula is C29H30N4O3. The van der Waals surface area contributed by atoms with Crippen LogP contribution >= 0.6 is 0 Å². The van der Waals surface area contributed by atoms with Crippen molar-refractivity contribution in [3.63, 3.8) is 0 Å². The third kappa shape index (κ3) is 3.80. The number of carbonyl (C=O) groups excluding carboxylic acids is 2. The van der Waals surface area contributed by atoms with E-state index in [4.69, 9.17) is 4.74 Å². The van der Waals surface area contributed by atoms with E-state index < -0.39 is 0 Å². The predicted molar refractivity (Wildman–Crippen MR) is 142 cm³/mol. The fourth-order valence-electron chi connectivity index (χ4n) is 5.76. The summed E-state index contributed by atoms with van der Waals surface area (Å²) in [6, 6.07) is 13.7. The molecule has 0 aliphatic carbocycles. The first-order valence-corrected chi connectivity index (χ1v) is 12.7. The van der Waals surface area contributed by atoms with Gasteiger partial charge < -0.3 is 19.2 Å². The first-order chi connectivity index (χ1) is 17.7. The zero-order chi connectivity index (χ0) is 24.6. The Morgan fingerprint density at radius 2 is 1.67 bits per heavy atom. The van der Waals surface area contributed by atoms with Crippen LogP contribution in [0.2, 0.25) is 0 Å². The minimum absolute atomic E-state index is 0.374. The quantitative estimate of drug-likeness (QED) is 0.378. The van der Waals surface area contributed by atoms with Crippen LogP contribution in [0.5, 0.6) is 5.75 Å². The SMILES string of the molecule is COc1cccc2c1c(C1=C(c3c[nH]c4ccccc34)C(=O)NC1=O)cn2CCCN1CCCCC1. The van der Waals surface area contributed by atoms with Crippen molar-refractivity contribution in [2.45, 2.75) is 32.2 Å². The molecule has 2 aliphatic rings. The van der Waals surface area contributed by atoms with Crippen molar-refractivity contribution in [1.29, 1.82) is 0 Å². The first kappa shape index (κ1) is 22.6. The van der Waals surface area contributed by atoms with Gasteiger partial charge in [-0.25, -0.2) is 0 Å². The molecule has 2 aromatic carbocycles. The number of benzene rings is 2. The Bertz CT molecular complexity index is 1500. The summed E-state index contributed by atoms with van der Waals surface area (Å²) in [6.07, 6.45) is 8.73. The summed E-state index contributed by atoms with van der Waals surface area (Å²) in [5.74, 6) is -0.0607. The van der Waals surface area contributed by atoms with Crippen LogP contribution in [0.3, 0.4) is 0 Å².